The van der Waals surface area contributed by atoms with Crippen LogP contribution in [0.25, 0.3) is 0 Å². The van der Waals surface area contributed by atoms with Crippen LogP contribution in [0.3, 0.4) is 0 Å². The van der Waals surface area contributed by atoms with Gasteiger partial charge in [0.15, 0.2) is 6.10 Å². The van der Waals surface area contributed by atoms with Crippen LogP contribution in [0.2, 0.25) is 0 Å². The molecule has 0 fully saturated rings. The van der Waals surface area contributed by atoms with Gasteiger partial charge in [-0.1, -0.05) is 6.92 Å². The standard InChI is InChI=1S/C4H8O3.Ca.2H/c1-2-3(5)4(6)7;;;/h3,5H,2H2,1H3,(H,6,7);;;. The molecule has 2 N–H and O–H groups in total. The molecular weight excluding hydrogens is 136 g/mol. The van der Waals surface area contributed by atoms with Crippen molar-refractivity contribution in [2.45, 2.75) is 19.4 Å². The van der Waals surface area contributed by atoms with E-state index in [1.165, 1.54) is 0 Å². The Hall–Kier alpha value is 0.690. The van der Waals surface area contributed by atoms with E-state index < -0.39 is 12.1 Å². The summed E-state index contributed by atoms with van der Waals surface area (Å²) in [6.45, 7) is 1.61. The van der Waals surface area contributed by atoms with Crippen LogP contribution in [0.5, 0.6) is 0 Å². The Morgan fingerprint density at radius 2 is 2.12 bits per heavy atom. The summed E-state index contributed by atoms with van der Waals surface area (Å²) in [5.41, 5.74) is 0. The minimum atomic E-state index is -1.18. The van der Waals surface area contributed by atoms with Gasteiger partial charge >= 0.3 is 43.7 Å². The van der Waals surface area contributed by atoms with Crippen molar-refractivity contribution in [3.8, 4) is 0 Å². The van der Waals surface area contributed by atoms with E-state index in [0.29, 0.717) is 0 Å². The molecule has 0 rings (SSSR count). The van der Waals surface area contributed by atoms with Gasteiger partial charge in [-0.2, -0.15) is 0 Å². The van der Waals surface area contributed by atoms with Crippen molar-refractivity contribution in [2.75, 3.05) is 0 Å². The normalized spacial score (nSPS) is 11.8. The minimum absolute atomic E-state index is 0. The Morgan fingerprint density at radius 3 is 2.12 bits per heavy atom. The van der Waals surface area contributed by atoms with Crippen LogP contribution in [0, 0.1) is 0 Å². The fraction of sp³-hybridized carbons (Fsp3) is 0.750. The summed E-state index contributed by atoms with van der Waals surface area (Å²) in [5.74, 6) is -1.15. The van der Waals surface area contributed by atoms with E-state index in [1.54, 1.807) is 6.92 Å². The number of aliphatic hydroxyl groups excluding tert-OH is 1. The molecule has 3 nitrogen and oxygen atoms in total. The van der Waals surface area contributed by atoms with E-state index in [9.17, 15) is 4.79 Å². The zero-order valence-corrected chi connectivity index (χ0v) is 4.09. The third-order valence-corrected chi connectivity index (χ3v) is 0.672. The van der Waals surface area contributed by atoms with Crippen molar-refractivity contribution in [3.05, 3.63) is 0 Å². The van der Waals surface area contributed by atoms with Gasteiger partial charge in [0.05, 0.1) is 0 Å². The molecule has 0 aliphatic rings. The molecule has 0 aromatic carbocycles. The molecule has 0 aliphatic heterocycles. The molecule has 1 unspecified atom stereocenters. The summed E-state index contributed by atoms with van der Waals surface area (Å²) in [7, 11) is 0. The molecule has 4 heteroatoms. The summed E-state index contributed by atoms with van der Waals surface area (Å²) in [5, 5.41) is 16.3. The van der Waals surface area contributed by atoms with Crippen LogP contribution < -0.4 is 0 Å². The molecule has 46 valence electrons. The van der Waals surface area contributed by atoms with Gasteiger partial charge in [-0.3, -0.25) is 0 Å². The van der Waals surface area contributed by atoms with E-state index in [2.05, 4.69) is 0 Å². The molecule has 0 saturated heterocycles. The van der Waals surface area contributed by atoms with Crippen LogP contribution in [-0.4, -0.2) is 60.0 Å². The summed E-state index contributed by atoms with van der Waals surface area (Å²) >= 11 is 0. The number of hydrogen-bond acceptors (Lipinski definition) is 2. The number of rotatable bonds is 2. The molecule has 0 saturated carbocycles. The van der Waals surface area contributed by atoms with E-state index in [-0.39, 0.29) is 44.2 Å². The van der Waals surface area contributed by atoms with Gasteiger partial charge in [0.1, 0.15) is 0 Å². The molecular formula is C4H10CaO3. The number of carboxylic acid groups (broad SMARTS) is 1. The molecule has 0 aliphatic carbocycles. The third kappa shape index (κ3) is 4.84. The average molecular weight is 146 g/mol. The Kier molecular flexibility index (Phi) is 8.35. The first-order valence-electron chi connectivity index (χ1n) is 2.09. The molecule has 8 heavy (non-hydrogen) atoms. The first-order chi connectivity index (χ1) is 3.18. The van der Waals surface area contributed by atoms with Crippen LogP contribution in [-0.2, 0) is 4.79 Å². The monoisotopic (exact) mass is 146 g/mol. The van der Waals surface area contributed by atoms with Crippen LogP contribution >= 0.6 is 0 Å². The molecule has 0 heterocycles. The maximum atomic E-state index is 9.68. The van der Waals surface area contributed by atoms with Crippen molar-refractivity contribution in [2.24, 2.45) is 0 Å². The van der Waals surface area contributed by atoms with E-state index in [4.69, 9.17) is 10.2 Å². The Labute approximate surface area is 77.7 Å². The molecule has 0 aromatic rings. The number of aliphatic carboxylic acids is 1. The van der Waals surface area contributed by atoms with Gasteiger partial charge in [-0.15, -0.1) is 0 Å². The molecule has 0 bridgehead atoms. The van der Waals surface area contributed by atoms with Gasteiger partial charge in [-0.25, -0.2) is 4.79 Å². The zero-order chi connectivity index (χ0) is 5.86. The third-order valence-electron chi connectivity index (χ3n) is 0.672. The number of hydrogen-bond donors (Lipinski definition) is 2. The Bertz CT molecular complexity index is 73.7. The summed E-state index contributed by atoms with van der Waals surface area (Å²) in [6.07, 6.45) is -0.907. The van der Waals surface area contributed by atoms with E-state index >= 15 is 0 Å². The van der Waals surface area contributed by atoms with Crippen molar-refractivity contribution in [3.63, 3.8) is 0 Å². The number of carboxylic acids is 1. The molecule has 0 radical (unpaired) electrons. The predicted octanol–water partition coefficient (Wildman–Crippen LogP) is -1.07. The molecule has 1 atom stereocenters. The Morgan fingerprint density at radius 1 is 1.75 bits per heavy atom. The van der Waals surface area contributed by atoms with Gasteiger partial charge in [0.25, 0.3) is 0 Å². The van der Waals surface area contributed by atoms with Crippen molar-refractivity contribution >= 4 is 43.7 Å². The van der Waals surface area contributed by atoms with Crippen LogP contribution in [0.15, 0.2) is 0 Å². The first kappa shape index (κ1) is 11.5. The molecule has 0 amide bonds. The fourth-order valence-electron chi connectivity index (χ4n) is 0.175. The van der Waals surface area contributed by atoms with Gasteiger partial charge in [-0.05, 0) is 6.42 Å². The van der Waals surface area contributed by atoms with Gasteiger partial charge < -0.3 is 10.2 Å². The topological polar surface area (TPSA) is 57.5 Å². The van der Waals surface area contributed by atoms with E-state index in [0.717, 1.165) is 0 Å². The maximum absolute atomic E-state index is 9.68. The average Bonchev–Trinajstić information content (AvgIpc) is 1.65. The summed E-state index contributed by atoms with van der Waals surface area (Å²) in [6, 6.07) is 0. The van der Waals surface area contributed by atoms with Crippen LogP contribution in [0.1, 0.15) is 13.3 Å². The second-order valence-electron chi connectivity index (χ2n) is 1.26. The van der Waals surface area contributed by atoms with Crippen molar-refractivity contribution < 1.29 is 15.0 Å². The second kappa shape index (κ2) is 5.82. The van der Waals surface area contributed by atoms with Crippen molar-refractivity contribution in [1.82, 2.24) is 0 Å². The van der Waals surface area contributed by atoms with Gasteiger partial charge in [0.2, 0.25) is 0 Å². The van der Waals surface area contributed by atoms with Gasteiger partial charge in [0, 0.05) is 0 Å². The number of aliphatic hydroxyl groups is 1. The first-order valence-corrected chi connectivity index (χ1v) is 2.09. The zero-order valence-electron chi connectivity index (χ0n) is 4.09. The van der Waals surface area contributed by atoms with E-state index in [1.807, 2.05) is 0 Å². The molecule has 0 aromatic heterocycles. The quantitative estimate of drug-likeness (QED) is 0.487. The Balaban J connectivity index is 0. The predicted molar refractivity (Wildman–Crippen MR) is 32.5 cm³/mol. The summed E-state index contributed by atoms with van der Waals surface area (Å²) in [4.78, 5) is 9.68. The summed E-state index contributed by atoms with van der Waals surface area (Å²) < 4.78 is 0. The number of carbonyl (C=O) groups is 1. The van der Waals surface area contributed by atoms with Crippen LogP contribution in [0.4, 0.5) is 0 Å². The second-order valence-corrected chi connectivity index (χ2v) is 1.26. The van der Waals surface area contributed by atoms with Crippen molar-refractivity contribution in [1.29, 1.82) is 0 Å². The molecule has 0 spiro atoms. The SMILES string of the molecule is CCC(O)C(=O)O.[CaH2]. The fourth-order valence-corrected chi connectivity index (χ4v) is 0.175.